The molecule has 1 atom stereocenters. The average molecular weight is 338 g/mol. The van der Waals surface area contributed by atoms with E-state index < -0.39 is 0 Å². The van der Waals surface area contributed by atoms with E-state index >= 15 is 0 Å². The second kappa shape index (κ2) is 7.21. The highest BCUT2D eigenvalue weighted by Crippen LogP contribution is 2.21. The Morgan fingerprint density at radius 1 is 1.28 bits per heavy atom. The standard InChI is InChI=1S/C18H22N6O/c1-12-10-17(23-22-12)11-20-18(25)21-16-6-4-15(5-7-16)13(2)24-9-8-19-14(24)3/h4-10,13H,11H2,1-3H3,(H,22,23)(H2,20,21,25)/t13-/m1/s1. The molecular formula is C18H22N6O. The van der Waals surface area contributed by atoms with Crippen LogP contribution in [0.4, 0.5) is 10.5 Å². The molecule has 0 saturated heterocycles. The first-order valence-electron chi connectivity index (χ1n) is 8.18. The lowest BCUT2D eigenvalue weighted by Crippen LogP contribution is -2.28. The molecule has 3 rings (SSSR count). The third kappa shape index (κ3) is 4.06. The van der Waals surface area contributed by atoms with E-state index in [1.54, 1.807) is 6.20 Å². The van der Waals surface area contributed by atoms with E-state index in [0.717, 1.165) is 28.5 Å². The van der Waals surface area contributed by atoms with Crippen LogP contribution in [0.1, 0.15) is 35.7 Å². The van der Waals surface area contributed by atoms with Crippen LogP contribution in [-0.4, -0.2) is 25.8 Å². The number of carbonyl (C=O) groups excluding carboxylic acids is 1. The molecule has 7 nitrogen and oxygen atoms in total. The molecule has 2 heterocycles. The van der Waals surface area contributed by atoms with Gasteiger partial charge in [-0.25, -0.2) is 9.78 Å². The van der Waals surface area contributed by atoms with Crippen LogP contribution in [0.15, 0.2) is 42.7 Å². The summed E-state index contributed by atoms with van der Waals surface area (Å²) in [7, 11) is 0. The number of aryl methyl sites for hydroxylation is 2. The smallest absolute Gasteiger partial charge is 0.319 e. The monoisotopic (exact) mass is 338 g/mol. The largest absolute Gasteiger partial charge is 0.332 e. The number of urea groups is 1. The Morgan fingerprint density at radius 2 is 2.04 bits per heavy atom. The van der Waals surface area contributed by atoms with Crippen molar-refractivity contribution in [3.63, 3.8) is 0 Å². The number of aromatic amines is 1. The summed E-state index contributed by atoms with van der Waals surface area (Å²) in [5, 5.41) is 12.5. The molecule has 0 saturated carbocycles. The highest BCUT2D eigenvalue weighted by Gasteiger charge is 2.10. The summed E-state index contributed by atoms with van der Waals surface area (Å²) in [6.45, 7) is 6.41. The summed E-state index contributed by atoms with van der Waals surface area (Å²) in [4.78, 5) is 16.2. The zero-order chi connectivity index (χ0) is 17.8. The fourth-order valence-electron chi connectivity index (χ4n) is 2.71. The Bertz CT molecular complexity index is 849. The second-order valence-electron chi connectivity index (χ2n) is 6.03. The van der Waals surface area contributed by atoms with E-state index in [9.17, 15) is 4.79 Å². The highest BCUT2D eigenvalue weighted by atomic mass is 16.2. The van der Waals surface area contributed by atoms with Crippen LogP contribution in [0.3, 0.4) is 0 Å². The van der Waals surface area contributed by atoms with Crippen LogP contribution < -0.4 is 10.6 Å². The van der Waals surface area contributed by atoms with Gasteiger partial charge in [-0.05, 0) is 44.5 Å². The first-order chi connectivity index (χ1) is 12.0. The molecule has 0 fully saturated rings. The minimum absolute atomic E-state index is 0.188. The van der Waals surface area contributed by atoms with Crippen LogP contribution in [-0.2, 0) is 6.54 Å². The SMILES string of the molecule is Cc1cc(CNC(=O)Nc2ccc([C@@H](C)n3ccnc3C)cc2)n[nH]1. The Balaban J connectivity index is 1.57. The van der Waals surface area contributed by atoms with Crippen molar-refractivity contribution in [3.8, 4) is 0 Å². The molecule has 0 unspecified atom stereocenters. The van der Waals surface area contributed by atoms with Gasteiger partial charge in [0, 0.05) is 23.8 Å². The van der Waals surface area contributed by atoms with Crippen molar-refractivity contribution in [2.75, 3.05) is 5.32 Å². The van der Waals surface area contributed by atoms with Crippen molar-refractivity contribution in [3.05, 3.63) is 65.5 Å². The number of benzene rings is 1. The minimum Gasteiger partial charge on any atom is -0.332 e. The maximum Gasteiger partial charge on any atom is 0.319 e. The number of amides is 2. The van der Waals surface area contributed by atoms with Gasteiger partial charge in [-0.15, -0.1) is 0 Å². The van der Waals surface area contributed by atoms with Crippen LogP contribution >= 0.6 is 0 Å². The number of anilines is 1. The molecular weight excluding hydrogens is 316 g/mol. The highest BCUT2D eigenvalue weighted by molar-refractivity contribution is 5.89. The fourth-order valence-corrected chi connectivity index (χ4v) is 2.71. The molecule has 0 aliphatic carbocycles. The number of nitrogens with zero attached hydrogens (tertiary/aromatic N) is 3. The van der Waals surface area contributed by atoms with Gasteiger partial charge in [0.2, 0.25) is 0 Å². The minimum atomic E-state index is -0.257. The lowest BCUT2D eigenvalue weighted by Gasteiger charge is -2.16. The van der Waals surface area contributed by atoms with E-state index in [0.29, 0.717) is 6.54 Å². The van der Waals surface area contributed by atoms with Crippen LogP contribution in [0.25, 0.3) is 0 Å². The van der Waals surface area contributed by atoms with Gasteiger partial charge < -0.3 is 15.2 Å². The Morgan fingerprint density at radius 3 is 2.64 bits per heavy atom. The third-order valence-electron chi connectivity index (χ3n) is 4.12. The lowest BCUT2D eigenvalue weighted by atomic mass is 10.1. The lowest BCUT2D eigenvalue weighted by molar-refractivity contribution is 0.251. The molecule has 0 aliphatic rings. The molecule has 2 amide bonds. The summed E-state index contributed by atoms with van der Waals surface area (Å²) in [5.41, 5.74) is 3.66. The van der Waals surface area contributed by atoms with Crippen molar-refractivity contribution >= 4 is 11.7 Å². The van der Waals surface area contributed by atoms with Gasteiger partial charge in [-0.3, -0.25) is 5.10 Å². The molecule has 1 aromatic carbocycles. The van der Waals surface area contributed by atoms with Gasteiger partial charge in [0.1, 0.15) is 5.82 Å². The maximum absolute atomic E-state index is 12.0. The number of nitrogens with one attached hydrogen (secondary N) is 3. The molecule has 130 valence electrons. The maximum atomic E-state index is 12.0. The van der Waals surface area contributed by atoms with E-state index in [1.165, 1.54) is 0 Å². The summed E-state index contributed by atoms with van der Waals surface area (Å²) in [6.07, 6.45) is 3.77. The van der Waals surface area contributed by atoms with Gasteiger partial charge in [0.25, 0.3) is 0 Å². The van der Waals surface area contributed by atoms with Crippen molar-refractivity contribution in [1.29, 1.82) is 0 Å². The number of rotatable bonds is 5. The Kier molecular flexibility index (Phi) is 4.83. The molecule has 2 aromatic heterocycles. The average Bonchev–Trinajstić information content (AvgIpc) is 3.21. The summed E-state index contributed by atoms with van der Waals surface area (Å²) < 4.78 is 2.11. The Labute approximate surface area is 146 Å². The molecule has 7 heteroatoms. The van der Waals surface area contributed by atoms with Crippen molar-refractivity contribution in [2.24, 2.45) is 0 Å². The van der Waals surface area contributed by atoms with Gasteiger partial charge >= 0.3 is 6.03 Å². The van der Waals surface area contributed by atoms with Crippen LogP contribution in [0.5, 0.6) is 0 Å². The van der Waals surface area contributed by atoms with E-state index in [-0.39, 0.29) is 12.1 Å². The predicted molar refractivity (Wildman–Crippen MR) is 96.4 cm³/mol. The summed E-state index contributed by atoms with van der Waals surface area (Å²) in [6, 6.07) is 9.65. The predicted octanol–water partition coefficient (Wildman–Crippen LogP) is 3.15. The van der Waals surface area contributed by atoms with Crippen molar-refractivity contribution in [1.82, 2.24) is 25.1 Å². The molecule has 0 bridgehead atoms. The van der Waals surface area contributed by atoms with Gasteiger partial charge in [-0.2, -0.15) is 5.10 Å². The van der Waals surface area contributed by atoms with E-state index in [1.807, 2.05) is 50.4 Å². The number of aromatic nitrogens is 4. The molecule has 0 spiro atoms. The van der Waals surface area contributed by atoms with Crippen LogP contribution in [0, 0.1) is 13.8 Å². The number of hydrogen-bond donors (Lipinski definition) is 3. The quantitative estimate of drug-likeness (QED) is 0.668. The number of imidazole rings is 1. The van der Waals surface area contributed by atoms with Gasteiger partial charge in [-0.1, -0.05) is 12.1 Å². The second-order valence-corrected chi connectivity index (χ2v) is 6.03. The summed E-state index contributed by atoms with van der Waals surface area (Å²) in [5.74, 6) is 0.975. The number of carbonyl (C=O) groups is 1. The molecule has 3 N–H and O–H groups in total. The van der Waals surface area contributed by atoms with Gasteiger partial charge in [0.05, 0.1) is 18.3 Å². The van der Waals surface area contributed by atoms with Crippen molar-refractivity contribution < 1.29 is 4.79 Å². The number of H-pyrrole nitrogens is 1. The molecule has 0 aliphatic heterocycles. The number of hydrogen-bond acceptors (Lipinski definition) is 3. The summed E-state index contributed by atoms with van der Waals surface area (Å²) >= 11 is 0. The topological polar surface area (TPSA) is 87.6 Å². The third-order valence-corrected chi connectivity index (χ3v) is 4.12. The molecule has 0 radical (unpaired) electrons. The zero-order valence-corrected chi connectivity index (χ0v) is 14.6. The Hall–Kier alpha value is -3.09. The zero-order valence-electron chi connectivity index (χ0n) is 14.6. The van der Waals surface area contributed by atoms with E-state index in [2.05, 4.69) is 37.3 Å². The fraction of sp³-hybridized carbons (Fsp3) is 0.278. The molecule has 25 heavy (non-hydrogen) atoms. The van der Waals surface area contributed by atoms with E-state index in [4.69, 9.17) is 0 Å². The normalized spacial score (nSPS) is 12.0. The van der Waals surface area contributed by atoms with Crippen LogP contribution in [0.2, 0.25) is 0 Å². The van der Waals surface area contributed by atoms with Crippen molar-refractivity contribution in [2.45, 2.75) is 33.4 Å². The first-order valence-corrected chi connectivity index (χ1v) is 8.18. The first kappa shape index (κ1) is 16.8. The van der Waals surface area contributed by atoms with Gasteiger partial charge in [0.15, 0.2) is 0 Å². The molecule has 3 aromatic rings.